The first-order valence-electron chi connectivity index (χ1n) is 5.28. The summed E-state index contributed by atoms with van der Waals surface area (Å²) in [6, 6.07) is 4.90. The predicted molar refractivity (Wildman–Crippen MR) is 67.9 cm³/mol. The lowest BCUT2D eigenvalue weighted by Crippen LogP contribution is -2.34. The van der Waals surface area contributed by atoms with Crippen LogP contribution in [0, 0.1) is 10.1 Å². The van der Waals surface area contributed by atoms with Gasteiger partial charge in [0, 0.05) is 4.92 Å². The lowest BCUT2D eigenvalue weighted by Gasteiger charge is -2.22. The van der Waals surface area contributed by atoms with Crippen molar-refractivity contribution < 1.29 is 14.5 Å². The van der Waals surface area contributed by atoms with Crippen LogP contribution in [0.1, 0.15) is 19.4 Å². The van der Waals surface area contributed by atoms with Gasteiger partial charge in [0.2, 0.25) is 5.78 Å². The maximum absolute atomic E-state index is 11.8. The van der Waals surface area contributed by atoms with E-state index in [-0.39, 0.29) is 0 Å². The highest BCUT2D eigenvalue weighted by molar-refractivity contribution is 6.32. The fraction of sp³-hybridized carbons (Fsp3) is 0.417. The molecule has 1 aromatic carbocycles. The number of methoxy groups -OCH3 is 1. The molecule has 0 bridgehead atoms. The van der Waals surface area contributed by atoms with E-state index in [1.807, 2.05) is 0 Å². The standard InChI is InChI=1S/C12H14ClNO4/c1-12(2,11(15)7-14(16)17)8-4-5-9(13)10(6-8)18-3/h4-6H,7H2,1-3H3. The van der Waals surface area contributed by atoms with E-state index in [2.05, 4.69) is 0 Å². The van der Waals surface area contributed by atoms with Crippen molar-refractivity contribution in [1.82, 2.24) is 0 Å². The first-order chi connectivity index (χ1) is 8.28. The molecular formula is C12H14ClNO4. The zero-order chi connectivity index (χ0) is 13.9. The lowest BCUT2D eigenvalue weighted by atomic mass is 9.80. The average Bonchev–Trinajstić information content (AvgIpc) is 2.28. The molecule has 6 heteroatoms. The second-order valence-electron chi connectivity index (χ2n) is 4.39. The molecule has 0 aliphatic carbocycles. The zero-order valence-electron chi connectivity index (χ0n) is 10.4. The maximum Gasteiger partial charge on any atom is 0.262 e. The Morgan fingerprint density at radius 3 is 2.61 bits per heavy atom. The van der Waals surface area contributed by atoms with Crippen LogP contribution in [0.3, 0.4) is 0 Å². The molecule has 0 heterocycles. The Morgan fingerprint density at radius 1 is 1.50 bits per heavy atom. The van der Waals surface area contributed by atoms with Gasteiger partial charge in [-0.2, -0.15) is 0 Å². The number of rotatable bonds is 5. The van der Waals surface area contributed by atoms with E-state index in [9.17, 15) is 14.9 Å². The van der Waals surface area contributed by atoms with Gasteiger partial charge in [-0.1, -0.05) is 17.7 Å². The van der Waals surface area contributed by atoms with Gasteiger partial charge >= 0.3 is 0 Å². The van der Waals surface area contributed by atoms with Crippen LogP contribution < -0.4 is 4.74 Å². The summed E-state index contributed by atoms with van der Waals surface area (Å²) in [5.41, 5.74) is -0.319. The normalized spacial score (nSPS) is 11.1. The van der Waals surface area contributed by atoms with Crippen molar-refractivity contribution >= 4 is 17.4 Å². The Hall–Kier alpha value is -1.62. The molecule has 0 radical (unpaired) electrons. The van der Waals surface area contributed by atoms with Crippen molar-refractivity contribution in [3.8, 4) is 5.75 Å². The third kappa shape index (κ3) is 2.98. The van der Waals surface area contributed by atoms with Gasteiger partial charge in [0.05, 0.1) is 17.5 Å². The SMILES string of the molecule is COc1cc(C(C)(C)C(=O)C[N+](=O)[O-])ccc1Cl. The van der Waals surface area contributed by atoms with Crippen molar-refractivity contribution in [2.45, 2.75) is 19.3 Å². The highest BCUT2D eigenvalue weighted by Gasteiger charge is 2.33. The van der Waals surface area contributed by atoms with E-state index in [1.54, 1.807) is 32.0 Å². The minimum absolute atomic E-state index is 0.429. The molecule has 98 valence electrons. The van der Waals surface area contributed by atoms with E-state index in [0.717, 1.165) is 0 Å². The van der Waals surface area contributed by atoms with Crippen LogP contribution in [0.5, 0.6) is 5.75 Å². The Labute approximate surface area is 110 Å². The van der Waals surface area contributed by atoms with Gasteiger partial charge < -0.3 is 4.74 Å². The van der Waals surface area contributed by atoms with Crippen molar-refractivity contribution in [1.29, 1.82) is 0 Å². The van der Waals surface area contributed by atoms with E-state index in [4.69, 9.17) is 16.3 Å². The fourth-order valence-electron chi connectivity index (χ4n) is 1.52. The molecule has 0 aliphatic heterocycles. The highest BCUT2D eigenvalue weighted by Crippen LogP contribution is 2.32. The summed E-state index contributed by atoms with van der Waals surface area (Å²) in [7, 11) is 1.47. The summed E-state index contributed by atoms with van der Waals surface area (Å²) < 4.78 is 5.06. The van der Waals surface area contributed by atoms with Gasteiger partial charge in [-0.05, 0) is 31.5 Å². The molecule has 0 saturated heterocycles. The molecule has 0 spiro atoms. The number of nitro groups is 1. The third-order valence-corrected chi connectivity index (χ3v) is 3.15. The summed E-state index contributed by atoms with van der Waals surface area (Å²) in [6.07, 6.45) is 0. The smallest absolute Gasteiger partial charge is 0.262 e. The largest absolute Gasteiger partial charge is 0.495 e. The fourth-order valence-corrected chi connectivity index (χ4v) is 1.72. The molecule has 1 aromatic rings. The lowest BCUT2D eigenvalue weighted by molar-refractivity contribution is -0.468. The molecule has 0 amide bonds. The molecule has 5 nitrogen and oxygen atoms in total. The number of hydrogen-bond donors (Lipinski definition) is 0. The summed E-state index contributed by atoms with van der Waals surface area (Å²) in [5.74, 6) is -0.0204. The molecular weight excluding hydrogens is 258 g/mol. The van der Waals surface area contributed by atoms with Gasteiger partial charge in [0.25, 0.3) is 6.54 Å². The van der Waals surface area contributed by atoms with Crippen LogP contribution in [0.2, 0.25) is 5.02 Å². The summed E-state index contributed by atoms with van der Waals surface area (Å²) in [4.78, 5) is 21.6. The summed E-state index contributed by atoms with van der Waals surface area (Å²) in [5, 5.41) is 10.8. The number of nitrogens with zero attached hydrogens (tertiary/aromatic N) is 1. The second-order valence-corrected chi connectivity index (χ2v) is 4.80. The van der Waals surface area contributed by atoms with E-state index < -0.39 is 22.7 Å². The Kier molecular flexibility index (Phi) is 4.29. The second kappa shape index (κ2) is 5.35. The van der Waals surface area contributed by atoms with Gasteiger partial charge in [-0.3, -0.25) is 14.9 Å². The highest BCUT2D eigenvalue weighted by atomic mass is 35.5. The van der Waals surface area contributed by atoms with E-state index >= 15 is 0 Å². The van der Waals surface area contributed by atoms with Crippen molar-refractivity contribution in [2.75, 3.05) is 13.7 Å². The predicted octanol–water partition coefficient (Wildman–Crippen LogP) is 2.47. The molecule has 0 aliphatic rings. The average molecular weight is 272 g/mol. The van der Waals surface area contributed by atoms with Gasteiger partial charge in [-0.25, -0.2) is 0 Å². The Morgan fingerprint density at radius 2 is 2.11 bits per heavy atom. The van der Waals surface area contributed by atoms with Crippen LogP contribution in [-0.2, 0) is 10.2 Å². The quantitative estimate of drug-likeness (QED) is 0.609. The first-order valence-corrected chi connectivity index (χ1v) is 5.66. The number of ether oxygens (including phenoxy) is 1. The number of ketones is 1. The van der Waals surface area contributed by atoms with Crippen LogP contribution in [0.15, 0.2) is 18.2 Å². The van der Waals surface area contributed by atoms with E-state index in [0.29, 0.717) is 16.3 Å². The number of benzene rings is 1. The first kappa shape index (κ1) is 14.4. The van der Waals surface area contributed by atoms with Gasteiger partial charge in [0.1, 0.15) is 5.75 Å². The monoisotopic (exact) mass is 271 g/mol. The van der Waals surface area contributed by atoms with Crippen LogP contribution >= 0.6 is 11.6 Å². The molecule has 0 atom stereocenters. The minimum atomic E-state index is -0.953. The molecule has 0 saturated carbocycles. The minimum Gasteiger partial charge on any atom is -0.495 e. The van der Waals surface area contributed by atoms with Gasteiger partial charge in [0.15, 0.2) is 0 Å². The number of Topliss-reactive ketones (excluding diaryl/α,β-unsaturated/α-hetero) is 1. The number of carbonyl (C=O) groups is 1. The molecule has 0 fully saturated rings. The van der Waals surface area contributed by atoms with Crippen LogP contribution in [-0.4, -0.2) is 24.4 Å². The Bertz CT molecular complexity index is 485. The summed E-state index contributed by atoms with van der Waals surface area (Å²) in [6.45, 7) is 2.58. The van der Waals surface area contributed by atoms with Crippen molar-refractivity contribution in [3.63, 3.8) is 0 Å². The Balaban J connectivity index is 3.11. The molecule has 18 heavy (non-hydrogen) atoms. The number of hydrogen-bond acceptors (Lipinski definition) is 4. The topological polar surface area (TPSA) is 69.4 Å². The maximum atomic E-state index is 11.8. The molecule has 0 aromatic heterocycles. The summed E-state index contributed by atoms with van der Waals surface area (Å²) >= 11 is 5.89. The van der Waals surface area contributed by atoms with E-state index in [1.165, 1.54) is 7.11 Å². The van der Waals surface area contributed by atoms with Crippen LogP contribution in [0.25, 0.3) is 0 Å². The van der Waals surface area contributed by atoms with Crippen molar-refractivity contribution in [3.05, 3.63) is 38.9 Å². The zero-order valence-corrected chi connectivity index (χ0v) is 11.2. The molecule has 1 rings (SSSR count). The number of halogens is 1. The molecule has 0 unspecified atom stereocenters. The number of carbonyl (C=O) groups excluding carboxylic acids is 1. The third-order valence-electron chi connectivity index (χ3n) is 2.84. The van der Waals surface area contributed by atoms with Gasteiger partial charge in [-0.15, -0.1) is 0 Å². The van der Waals surface area contributed by atoms with Crippen LogP contribution in [0.4, 0.5) is 0 Å². The molecule has 0 N–H and O–H groups in total. The van der Waals surface area contributed by atoms with Crippen molar-refractivity contribution in [2.24, 2.45) is 0 Å².